The Labute approximate surface area is 115 Å². The third kappa shape index (κ3) is 2.64. The number of anilines is 1. The fourth-order valence-electron chi connectivity index (χ4n) is 1.73. The molecule has 1 aromatic rings. The van der Waals surface area contributed by atoms with Crippen LogP contribution in [0.2, 0.25) is 10.0 Å². The van der Waals surface area contributed by atoms with Gasteiger partial charge in [-0.15, -0.1) is 0 Å². The molecule has 1 aliphatic rings. The molecule has 1 heterocycles. The van der Waals surface area contributed by atoms with Crippen LogP contribution in [0.4, 0.5) is 18.9 Å². The molecule has 8 heteroatoms. The van der Waals surface area contributed by atoms with Crippen molar-refractivity contribution in [3.8, 4) is 0 Å². The zero-order valence-corrected chi connectivity index (χ0v) is 10.6. The number of nitrogens with one attached hydrogen (secondary N) is 1. The van der Waals surface area contributed by atoms with Crippen molar-refractivity contribution in [2.24, 2.45) is 0 Å². The van der Waals surface area contributed by atoms with E-state index in [9.17, 15) is 18.0 Å². The van der Waals surface area contributed by atoms with Gasteiger partial charge in [-0.1, -0.05) is 23.2 Å². The van der Waals surface area contributed by atoms with Crippen LogP contribution < -0.4 is 5.32 Å². The molecule has 0 aliphatic carbocycles. The van der Waals surface area contributed by atoms with E-state index >= 15 is 0 Å². The molecular formula is C11H6Cl2F3NO2. The van der Waals surface area contributed by atoms with Crippen molar-refractivity contribution in [3.63, 3.8) is 0 Å². The molecule has 0 fully saturated rings. The Balaban J connectivity index is 2.57. The molecule has 0 amide bonds. The summed E-state index contributed by atoms with van der Waals surface area (Å²) in [5.74, 6) is -1.65. The summed E-state index contributed by atoms with van der Waals surface area (Å²) in [6, 6.07) is 0.254. The lowest BCUT2D eigenvalue weighted by Gasteiger charge is -2.28. The van der Waals surface area contributed by atoms with Crippen LogP contribution in [-0.2, 0) is 4.79 Å². The van der Waals surface area contributed by atoms with E-state index < -0.39 is 23.8 Å². The Bertz CT molecular complexity index is 584. The summed E-state index contributed by atoms with van der Waals surface area (Å²) in [6.45, 7) is 0. The molecule has 1 atom stereocenters. The molecule has 0 spiro atoms. The summed E-state index contributed by atoms with van der Waals surface area (Å²) >= 11 is 11.5. The minimum absolute atomic E-state index is 0.0843. The van der Waals surface area contributed by atoms with Gasteiger partial charge in [0.1, 0.15) is 0 Å². The fourth-order valence-corrected chi connectivity index (χ4v) is 2.07. The van der Waals surface area contributed by atoms with Crippen molar-refractivity contribution in [3.05, 3.63) is 33.3 Å². The summed E-state index contributed by atoms with van der Waals surface area (Å²) in [6.07, 6.45) is -3.79. The second kappa shape index (κ2) is 4.61. The van der Waals surface area contributed by atoms with Crippen LogP contribution in [0.3, 0.4) is 0 Å². The van der Waals surface area contributed by atoms with Crippen LogP contribution in [0.15, 0.2) is 17.7 Å². The standard InChI is InChI=1S/C11H6Cl2F3NO2/c12-6-2-4-1-5(10(18)19)9(11(14,15)16)17-8(4)3-7(6)13/h1-3,9,17H,(H,18,19). The minimum Gasteiger partial charge on any atom is -0.478 e. The Morgan fingerprint density at radius 3 is 2.37 bits per heavy atom. The summed E-state index contributed by atoms with van der Waals surface area (Å²) < 4.78 is 38.4. The number of carboxylic acids is 1. The van der Waals surface area contributed by atoms with Crippen molar-refractivity contribution in [1.29, 1.82) is 0 Å². The number of hydrogen-bond donors (Lipinski definition) is 2. The summed E-state index contributed by atoms with van der Waals surface area (Å²) in [4.78, 5) is 10.9. The predicted molar refractivity (Wildman–Crippen MR) is 65.5 cm³/mol. The average molecular weight is 312 g/mol. The van der Waals surface area contributed by atoms with Crippen molar-refractivity contribution >= 4 is 40.9 Å². The Hall–Kier alpha value is -1.40. The van der Waals surface area contributed by atoms with Crippen LogP contribution in [0, 0.1) is 0 Å². The molecule has 19 heavy (non-hydrogen) atoms. The minimum atomic E-state index is -4.73. The molecule has 0 bridgehead atoms. The van der Waals surface area contributed by atoms with Crippen LogP contribution in [0.5, 0.6) is 0 Å². The quantitative estimate of drug-likeness (QED) is 0.829. The van der Waals surface area contributed by atoms with Gasteiger partial charge >= 0.3 is 12.1 Å². The van der Waals surface area contributed by atoms with E-state index in [0.29, 0.717) is 0 Å². The van der Waals surface area contributed by atoms with Crippen LogP contribution in [-0.4, -0.2) is 23.3 Å². The number of benzene rings is 1. The molecular weight excluding hydrogens is 306 g/mol. The van der Waals surface area contributed by atoms with Gasteiger partial charge in [-0.2, -0.15) is 13.2 Å². The molecule has 1 aliphatic heterocycles. The number of rotatable bonds is 1. The molecule has 0 saturated carbocycles. The number of carbonyl (C=O) groups is 1. The Kier molecular flexibility index (Phi) is 3.40. The summed E-state index contributed by atoms with van der Waals surface area (Å²) in [5.41, 5.74) is -0.465. The highest BCUT2D eigenvalue weighted by Gasteiger charge is 2.46. The molecule has 2 rings (SSSR count). The maximum absolute atomic E-state index is 12.8. The van der Waals surface area contributed by atoms with Crippen LogP contribution >= 0.6 is 23.2 Å². The normalized spacial score (nSPS) is 18.4. The number of hydrogen-bond acceptors (Lipinski definition) is 2. The number of alkyl halides is 3. The molecule has 1 unspecified atom stereocenters. The second-order valence-corrected chi connectivity index (χ2v) is 4.69. The van der Waals surface area contributed by atoms with Gasteiger partial charge in [-0.3, -0.25) is 0 Å². The lowest BCUT2D eigenvalue weighted by Crippen LogP contribution is -2.41. The first-order valence-electron chi connectivity index (χ1n) is 4.97. The summed E-state index contributed by atoms with van der Waals surface area (Å²) in [5, 5.41) is 11.2. The first-order chi connectivity index (χ1) is 8.70. The lowest BCUT2D eigenvalue weighted by atomic mass is 9.97. The number of halogens is 5. The van der Waals surface area contributed by atoms with E-state index in [1.165, 1.54) is 12.1 Å². The number of fused-ring (bicyclic) bond motifs is 1. The predicted octanol–water partition coefficient (Wildman–Crippen LogP) is 3.82. The van der Waals surface area contributed by atoms with E-state index in [1.54, 1.807) is 0 Å². The van der Waals surface area contributed by atoms with Crippen molar-refractivity contribution in [1.82, 2.24) is 0 Å². The van der Waals surface area contributed by atoms with Crippen molar-refractivity contribution in [2.75, 3.05) is 5.32 Å². The van der Waals surface area contributed by atoms with Crippen LogP contribution in [0.25, 0.3) is 6.08 Å². The molecule has 0 radical (unpaired) electrons. The molecule has 0 aromatic heterocycles. The highest BCUT2D eigenvalue weighted by molar-refractivity contribution is 6.42. The fraction of sp³-hybridized carbons (Fsp3) is 0.182. The molecule has 3 nitrogen and oxygen atoms in total. The molecule has 1 aromatic carbocycles. The first-order valence-corrected chi connectivity index (χ1v) is 5.73. The van der Waals surface area contributed by atoms with Gasteiger partial charge in [-0.05, 0) is 23.8 Å². The van der Waals surface area contributed by atoms with Gasteiger partial charge in [0.05, 0.1) is 15.6 Å². The molecule has 102 valence electrons. The maximum atomic E-state index is 12.8. The van der Waals surface area contributed by atoms with E-state index in [2.05, 4.69) is 5.32 Å². The van der Waals surface area contributed by atoms with E-state index in [4.69, 9.17) is 28.3 Å². The van der Waals surface area contributed by atoms with Crippen molar-refractivity contribution < 1.29 is 23.1 Å². The van der Waals surface area contributed by atoms with Gasteiger partial charge in [0, 0.05) is 5.69 Å². The lowest BCUT2D eigenvalue weighted by molar-refractivity contribution is -0.146. The third-order valence-electron chi connectivity index (χ3n) is 2.59. The highest BCUT2D eigenvalue weighted by Crippen LogP contribution is 2.38. The van der Waals surface area contributed by atoms with E-state index in [0.717, 1.165) is 6.08 Å². The second-order valence-electron chi connectivity index (χ2n) is 3.88. The third-order valence-corrected chi connectivity index (χ3v) is 3.31. The van der Waals surface area contributed by atoms with Gasteiger partial charge < -0.3 is 10.4 Å². The summed E-state index contributed by atoms with van der Waals surface area (Å²) in [7, 11) is 0. The molecule has 0 saturated heterocycles. The van der Waals surface area contributed by atoms with E-state index in [1.807, 2.05) is 0 Å². The van der Waals surface area contributed by atoms with Gasteiger partial charge in [0.2, 0.25) is 0 Å². The van der Waals surface area contributed by atoms with E-state index in [-0.39, 0.29) is 21.3 Å². The number of carboxylic acid groups (broad SMARTS) is 1. The Morgan fingerprint density at radius 1 is 1.26 bits per heavy atom. The van der Waals surface area contributed by atoms with Crippen molar-refractivity contribution in [2.45, 2.75) is 12.2 Å². The van der Waals surface area contributed by atoms with Crippen LogP contribution in [0.1, 0.15) is 5.56 Å². The van der Waals surface area contributed by atoms with Gasteiger partial charge in [0.25, 0.3) is 0 Å². The zero-order valence-electron chi connectivity index (χ0n) is 9.05. The number of aliphatic carboxylic acids is 1. The maximum Gasteiger partial charge on any atom is 0.413 e. The average Bonchev–Trinajstić information content (AvgIpc) is 2.27. The largest absolute Gasteiger partial charge is 0.478 e. The smallest absolute Gasteiger partial charge is 0.413 e. The molecule has 2 N–H and O–H groups in total. The first kappa shape index (κ1) is 14.0. The van der Waals surface area contributed by atoms with Gasteiger partial charge in [-0.25, -0.2) is 4.79 Å². The monoisotopic (exact) mass is 311 g/mol. The SMILES string of the molecule is O=C(O)C1=Cc2cc(Cl)c(Cl)cc2NC1C(F)(F)F. The highest BCUT2D eigenvalue weighted by atomic mass is 35.5. The Morgan fingerprint density at radius 2 is 1.84 bits per heavy atom. The topological polar surface area (TPSA) is 49.3 Å². The zero-order chi connectivity index (χ0) is 14.4. The van der Waals surface area contributed by atoms with Gasteiger partial charge in [0.15, 0.2) is 6.04 Å².